The van der Waals surface area contributed by atoms with E-state index in [0.29, 0.717) is 22.3 Å². The smallest absolute Gasteiger partial charge is 0.195 e. The molecular weight excluding hydrogens is 490 g/mol. The number of carbonyl (C=O) groups excluding carboxylic acids is 2. The van der Waals surface area contributed by atoms with Gasteiger partial charge in [0.15, 0.2) is 11.6 Å². The highest BCUT2D eigenvalue weighted by Gasteiger charge is 2.22. The molecule has 6 heteroatoms. The number of rotatable bonds is 4. The van der Waals surface area contributed by atoms with Crippen molar-refractivity contribution in [2.24, 2.45) is 0 Å². The minimum atomic E-state index is -0.00731. The van der Waals surface area contributed by atoms with Gasteiger partial charge in [0.2, 0.25) is 0 Å². The van der Waals surface area contributed by atoms with E-state index in [-0.39, 0.29) is 11.6 Å². The van der Waals surface area contributed by atoms with Crippen molar-refractivity contribution in [2.45, 2.75) is 23.6 Å². The summed E-state index contributed by atoms with van der Waals surface area (Å²) in [5, 5.41) is 3.46. The molecule has 1 aliphatic heterocycles. The third-order valence-electron chi connectivity index (χ3n) is 7.26. The summed E-state index contributed by atoms with van der Waals surface area (Å²) in [7, 11) is 0. The van der Waals surface area contributed by atoms with Crippen LogP contribution < -0.4 is 5.32 Å². The Morgan fingerprint density at radius 2 is 1.11 bits per heavy atom. The Kier molecular flexibility index (Phi) is 5.06. The van der Waals surface area contributed by atoms with E-state index < -0.39 is 0 Å². The minimum Gasteiger partial charge on any atom is -0.354 e. The molecule has 5 nitrogen and oxygen atoms in total. The molecule has 0 amide bonds. The number of fused-ring (bicyclic) bond motifs is 4. The topological polar surface area (TPSA) is 55.0 Å². The fourth-order valence-corrected chi connectivity index (χ4v) is 6.29. The predicted molar refractivity (Wildman–Crippen MR) is 151 cm³/mol. The van der Waals surface area contributed by atoms with Gasteiger partial charge in [-0.25, -0.2) is 0 Å². The number of aromatic nitrogens is 2. The number of hydrogen-bond acceptors (Lipinski definition) is 4. The third-order valence-corrected chi connectivity index (χ3v) is 8.38. The molecule has 0 radical (unpaired) electrons. The second-order valence-electron chi connectivity index (χ2n) is 9.61. The summed E-state index contributed by atoms with van der Waals surface area (Å²) in [4.78, 5) is 28.9. The van der Waals surface area contributed by atoms with Crippen LogP contribution in [0.1, 0.15) is 43.2 Å². The normalized spacial score (nSPS) is 12.3. The van der Waals surface area contributed by atoms with Crippen LogP contribution in [0.25, 0.3) is 11.0 Å². The molecule has 0 atom stereocenters. The average molecular weight is 514 g/mol. The van der Waals surface area contributed by atoms with E-state index in [4.69, 9.17) is 0 Å². The van der Waals surface area contributed by atoms with E-state index >= 15 is 0 Å². The molecule has 2 aromatic carbocycles. The molecule has 0 saturated heterocycles. The molecule has 0 saturated carbocycles. The van der Waals surface area contributed by atoms with Gasteiger partial charge in [-0.1, -0.05) is 23.9 Å². The molecule has 6 aromatic rings. The maximum absolute atomic E-state index is 13.5. The van der Waals surface area contributed by atoms with Crippen LogP contribution in [0.3, 0.4) is 0 Å². The second kappa shape index (κ2) is 8.50. The van der Waals surface area contributed by atoms with Crippen molar-refractivity contribution < 1.29 is 9.59 Å². The van der Waals surface area contributed by atoms with E-state index in [2.05, 4.69) is 5.32 Å². The molecule has 1 N–H and O–H groups in total. The molecule has 0 unspecified atom stereocenters. The number of nitrogens with one attached hydrogen (secondary N) is 1. The highest BCUT2D eigenvalue weighted by molar-refractivity contribution is 7.99. The fraction of sp³-hybridized carbons (Fsp3) is 0.0625. The summed E-state index contributed by atoms with van der Waals surface area (Å²) in [6, 6.07) is 27.3. The number of aryl methyl sites for hydroxylation is 2. The molecule has 0 fully saturated rings. The number of pyridine rings is 2. The van der Waals surface area contributed by atoms with Gasteiger partial charge >= 0.3 is 0 Å². The molecule has 0 spiro atoms. The first-order chi connectivity index (χ1) is 18.5. The summed E-state index contributed by atoms with van der Waals surface area (Å²) in [5.74, 6) is -0.0146. The van der Waals surface area contributed by atoms with Crippen molar-refractivity contribution in [3.8, 4) is 0 Å². The van der Waals surface area contributed by atoms with E-state index in [1.807, 2.05) is 120 Å². The number of anilines is 2. The minimum absolute atomic E-state index is 0.00731. The predicted octanol–water partition coefficient (Wildman–Crippen LogP) is 7.48. The lowest BCUT2D eigenvalue weighted by Crippen LogP contribution is -2.06. The Hall–Kier alpha value is -4.55. The van der Waals surface area contributed by atoms with Gasteiger partial charge in [-0.05, 0) is 86.6 Å². The van der Waals surface area contributed by atoms with Crippen molar-refractivity contribution in [3.05, 3.63) is 131 Å². The van der Waals surface area contributed by atoms with Gasteiger partial charge in [0.1, 0.15) is 0 Å². The molecule has 4 aromatic heterocycles. The standard InChI is InChI=1S/C32H23N3O2S/c1-19-5-3-7-27-23(13-15-34(19)27)31(36)21-9-11-25-29(17-21)38-30-18-22(10-12-26(30)33-25)32(37)24-14-16-35-20(2)6-4-8-28(24)35/h3-18,33H,1-2H3. The molecule has 184 valence electrons. The average Bonchev–Trinajstić information content (AvgIpc) is 3.57. The molecule has 1 aliphatic rings. The summed E-state index contributed by atoms with van der Waals surface area (Å²) in [6.45, 7) is 4.05. The van der Waals surface area contributed by atoms with Crippen molar-refractivity contribution in [1.29, 1.82) is 0 Å². The van der Waals surface area contributed by atoms with Gasteiger partial charge in [0.05, 0.1) is 22.4 Å². The molecule has 0 aliphatic carbocycles. The van der Waals surface area contributed by atoms with Crippen LogP contribution in [0, 0.1) is 13.8 Å². The maximum Gasteiger partial charge on any atom is 0.195 e. The lowest BCUT2D eigenvalue weighted by molar-refractivity contribution is 0.103. The van der Waals surface area contributed by atoms with E-state index in [0.717, 1.165) is 43.6 Å². The Morgan fingerprint density at radius 1 is 0.632 bits per heavy atom. The van der Waals surface area contributed by atoms with E-state index in [1.54, 1.807) is 11.8 Å². The fourth-order valence-electron chi connectivity index (χ4n) is 5.22. The lowest BCUT2D eigenvalue weighted by atomic mass is 10.0. The van der Waals surface area contributed by atoms with Crippen LogP contribution in [0.15, 0.2) is 107 Å². The van der Waals surface area contributed by atoms with Crippen molar-refractivity contribution in [2.75, 3.05) is 5.32 Å². The summed E-state index contributed by atoms with van der Waals surface area (Å²) >= 11 is 1.57. The van der Waals surface area contributed by atoms with Crippen LogP contribution in [0.4, 0.5) is 11.4 Å². The van der Waals surface area contributed by atoms with Gasteiger partial charge in [-0.2, -0.15) is 0 Å². The highest BCUT2D eigenvalue weighted by Crippen LogP contribution is 2.45. The summed E-state index contributed by atoms with van der Waals surface area (Å²) in [6.07, 6.45) is 3.88. The van der Waals surface area contributed by atoms with Crippen molar-refractivity contribution >= 4 is 45.7 Å². The van der Waals surface area contributed by atoms with Gasteiger partial charge < -0.3 is 14.1 Å². The first-order valence-electron chi connectivity index (χ1n) is 12.4. The quantitative estimate of drug-likeness (QED) is 0.248. The van der Waals surface area contributed by atoms with Crippen LogP contribution in [0.2, 0.25) is 0 Å². The van der Waals surface area contributed by atoms with Crippen molar-refractivity contribution in [1.82, 2.24) is 8.80 Å². The van der Waals surface area contributed by atoms with E-state index in [1.165, 1.54) is 0 Å². The van der Waals surface area contributed by atoms with Gasteiger partial charge in [-0.15, -0.1) is 0 Å². The van der Waals surface area contributed by atoms with Crippen molar-refractivity contribution in [3.63, 3.8) is 0 Å². The molecule has 0 bridgehead atoms. The molecule has 5 heterocycles. The Labute approximate surface area is 223 Å². The number of benzene rings is 2. The van der Waals surface area contributed by atoms with Gasteiger partial charge in [0.25, 0.3) is 0 Å². The maximum atomic E-state index is 13.5. The highest BCUT2D eigenvalue weighted by atomic mass is 32.2. The third kappa shape index (κ3) is 3.49. The monoisotopic (exact) mass is 513 g/mol. The van der Waals surface area contributed by atoms with Gasteiger partial charge in [-0.3, -0.25) is 9.59 Å². The molecule has 7 rings (SSSR count). The van der Waals surface area contributed by atoms with Gasteiger partial charge in [0, 0.05) is 55.8 Å². The van der Waals surface area contributed by atoms with Crippen LogP contribution >= 0.6 is 11.8 Å². The number of nitrogens with zero attached hydrogens (tertiary/aromatic N) is 2. The Balaban J connectivity index is 1.21. The Morgan fingerprint density at radius 3 is 1.58 bits per heavy atom. The summed E-state index contributed by atoms with van der Waals surface area (Å²) < 4.78 is 4.07. The lowest BCUT2D eigenvalue weighted by Gasteiger charge is -2.22. The number of hydrogen-bond donors (Lipinski definition) is 1. The first kappa shape index (κ1) is 22.6. The zero-order valence-corrected chi connectivity index (χ0v) is 21.7. The van der Waals surface area contributed by atoms with Crippen LogP contribution in [-0.4, -0.2) is 20.4 Å². The SMILES string of the molecule is Cc1cccc2c(C(=O)c3ccc4c(c3)Sc3cc(C(=O)c5ccn6c(C)cccc56)ccc3N4)ccn12. The number of ketones is 2. The van der Waals surface area contributed by atoms with Crippen LogP contribution in [0.5, 0.6) is 0 Å². The second-order valence-corrected chi connectivity index (χ2v) is 10.7. The Bertz CT molecular complexity index is 1810. The largest absolute Gasteiger partial charge is 0.354 e. The molecule has 38 heavy (non-hydrogen) atoms. The van der Waals surface area contributed by atoms with E-state index in [9.17, 15) is 9.59 Å². The zero-order chi connectivity index (χ0) is 26.0. The zero-order valence-electron chi connectivity index (χ0n) is 20.9. The van der Waals surface area contributed by atoms with Crippen LogP contribution in [-0.2, 0) is 0 Å². The molecular formula is C32H23N3O2S. The summed E-state index contributed by atoms with van der Waals surface area (Å²) in [5.41, 5.74) is 8.51. The number of carbonyl (C=O) groups is 2. The first-order valence-corrected chi connectivity index (χ1v) is 13.3.